The molecular formula is C16H26O3. The summed E-state index contributed by atoms with van der Waals surface area (Å²) < 4.78 is 10.5. The summed E-state index contributed by atoms with van der Waals surface area (Å²) in [5.41, 5.74) is 1.30. The lowest BCUT2D eigenvalue weighted by molar-refractivity contribution is -0.113. The molecule has 0 radical (unpaired) electrons. The number of hydrogen-bond donors (Lipinski definition) is 1. The predicted molar refractivity (Wildman–Crippen MR) is 77.1 cm³/mol. The summed E-state index contributed by atoms with van der Waals surface area (Å²) >= 11 is 0. The second-order valence-electron chi connectivity index (χ2n) is 5.10. The molecule has 3 nitrogen and oxygen atoms in total. The summed E-state index contributed by atoms with van der Waals surface area (Å²) in [5, 5.41) is 9.24. The molecule has 1 rings (SSSR count). The van der Waals surface area contributed by atoms with Crippen LogP contribution in [0.1, 0.15) is 37.7 Å². The fourth-order valence-electron chi connectivity index (χ4n) is 2.50. The monoisotopic (exact) mass is 266 g/mol. The summed E-state index contributed by atoms with van der Waals surface area (Å²) in [6.45, 7) is 2.43. The standard InChI is InChI=1S/C16H26O3/c1-13(12-16(18-2)19-3)11-15(9-10-17)14-7-5-4-6-8-14/h4-8,13,15-17H,9-12H2,1-3H3/t13-,15+/m0/s1. The smallest absolute Gasteiger partial charge is 0.157 e. The molecule has 0 aromatic heterocycles. The van der Waals surface area contributed by atoms with Crippen LogP contribution in [-0.2, 0) is 9.47 Å². The second kappa shape index (κ2) is 9.08. The highest BCUT2D eigenvalue weighted by Crippen LogP contribution is 2.29. The average molecular weight is 266 g/mol. The molecule has 3 heteroatoms. The van der Waals surface area contributed by atoms with Crippen LogP contribution in [0.2, 0.25) is 0 Å². The third-order valence-corrected chi connectivity index (χ3v) is 3.56. The Balaban J connectivity index is 2.58. The number of aliphatic hydroxyl groups is 1. The lowest BCUT2D eigenvalue weighted by atomic mass is 9.86. The van der Waals surface area contributed by atoms with E-state index in [2.05, 4.69) is 31.2 Å². The third kappa shape index (κ3) is 5.72. The number of aliphatic hydroxyl groups excluding tert-OH is 1. The minimum Gasteiger partial charge on any atom is -0.396 e. The largest absolute Gasteiger partial charge is 0.396 e. The van der Waals surface area contributed by atoms with E-state index in [1.165, 1.54) is 5.56 Å². The number of methoxy groups -OCH3 is 2. The Bertz CT molecular complexity index is 322. The van der Waals surface area contributed by atoms with Gasteiger partial charge in [-0.3, -0.25) is 0 Å². The van der Waals surface area contributed by atoms with Crippen LogP contribution in [0.25, 0.3) is 0 Å². The van der Waals surface area contributed by atoms with E-state index >= 15 is 0 Å². The van der Waals surface area contributed by atoms with Gasteiger partial charge in [0.25, 0.3) is 0 Å². The lowest BCUT2D eigenvalue weighted by Gasteiger charge is -2.23. The van der Waals surface area contributed by atoms with Crippen LogP contribution in [0.15, 0.2) is 30.3 Å². The van der Waals surface area contributed by atoms with Crippen LogP contribution < -0.4 is 0 Å². The maximum atomic E-state index is 9.24. The molecule has 0 saturated carbocycles. The molecule has 0 fully saturated rings. The van der Waals surface area contributed by atoms with Gasteiger partial charge in [0.05, 0.1) is 0 Å². The molecule has 0 aliphatic heterocycles. The SMILES string of the molecule is COC(C[C@@H](C)C[C@@H](CCO)c1ccccc1)OC. The van der Waals surface area contributed by atoms with Crippen molar-refractivity contribution in [3.8, 4) is 0 Å². The van der Waals surface area contributed by atoms with Crippen LogP contribution >= 0.6 is 0 Å². The van der Waals surface area contributed by atoms with E-state index in [1.54, 1.807) is 14.2 Å². The maximum absolute atomic E-state index is 9.24. The second-order valence-corrected chi connectivity index (χ2v) is 5.10. The van der Waals surface area contributed by atoms with Gasteiger partial charge in [-0.1, -0.05) is 37.3 Å². The summed E-state index contributed by atoms with van der Waals surface area (Å²) in [5.74, 6) is 0.886. The number of ether oxygens (including phenoxy) is 2. The molecule has 2 atom stereocenters. The highest BCUT2D eigenvalue weighted by atomic mass is 16.7. The van der Waals surface area contributed by atoms with Gasteiger partial charge in [-0.05, 0) is 30.2 Å². The minimum absolute atomic E-state index is 0.138. The van der Waals surface area contributed by atoms with Crippen molar-refractivity contribution in [2.24, 2.45) is 5.92 Å². The Morgan fingerprint density at radius 3 is 2.21 bits per heavy atom. The Morgan fingerprint density at radius 2 is 1.68 bits per heavy atom. The van der Waals surface area contributed by atoms with Crippen molar-refractivity contribution in [3.63, 3.8) is 0 Å². The Kier molecular flexibility index (Phi) is 7.72. The van der Waals surface area contributed by atoms with E-state index < -0.39 is 0 Å². The number of hydrogen-bond acceptors (Lipinski definition) is 3. The zero-order valence-electron chi connectivity index (χ0n) is 12.2. The molecule has 0 bridgehead atoms. The molecule has 0 aliphatic rings. The zero-order chi connectivity index (χ0) is 14.1. The van der Waals surface area contributed by atoms with Gasteiger partial charge in [0.1, 0.15) is 0 Å². The minimum atomic E-state index is -0.138. The van der Waals surface area contributed by atoms with Crippen molar-refractivity contribution < 1.29 is 14.6 Å². The Labute approximate surface area is 116 Å². The van der Waals surface area contributed by atoms with Crippen LogP contribution in [0, 0.1) is 5.92 Å². The first-order valence-electron chi connectivity index (χ1n) is 6.92. The number of rotatable bonds is 9. The maximum Gasteiger partial charge on any atom is 0.157 e. The molecule has 0 spiro atoms. The van der Waals surface area contributed by atoms with E-state index in [9.17, 15) is 5.11 Å². The van der Waals surface area contributed by atoms with Gasteiger partial charge < -0.3 is 14.6 Å². The Hall–Kier alpha value is -0.900. The average Bonchev–Trinajstić information content (AvgIpc) is 2.45. The zero-order valence-corrected chi connectivity index (χ0v) is 12.2. The van der Waals surface area contributed by atoms with E-state index in [4.69, 9.17) is 9.47 Å². The molecule has 1 aromatic carbocycles. The fourth-order valence-corrected chi connectivity index (χ4v) is 2.50. The molecular weight excluding hydrogens is 240 g/mol. The van der Waals surface area contributed by atoms with Gasteiger partial charge in [0.2, 0.25) is 0 Å². The van der Waals surface area contributed by atoms with Gasteiger partial charge in [0, 0.05) is 27.2 Å². The topological polar surface area (TPSA) is 38.7 Å². The first-order chi connectivity index (χ1) is 9.21. The molecule has 0 saturated heterocycles. The summed E-state index contributed by atoms with van der Waals surface area (Å²) in [6, 6.07) is 10.4. The van der Waals surface area contributed by atoms with Crippen molar-refractivity contribution in [1.82, 2.24) is 0 Å². The predicted octanol–water partition coefficient (Wildman–Crippen LogP) is 3.19. The summed E-state index contributed by atoms with van der Waals surface area (Å²) in [4.78, 5) is 0. The first-order valence-corrected chi connectivity index (χ1v) is 6.92. The number of benzene rings is 1. The van der Waals surface area contributed by atoms with E-state index in [-0.39, 0.29) is 12.9 Å². The summed E-state index contributed by atoms with van der Waals surface area (Å²) in [7, 11) is 3.34. The van der Waals surface area contributed by atoms with Gasteiger partial charge in [0.15, 0.2) is 6.29 Å². The van der Waals surface area contributed by atoms with Crippen LogP contribution in [0.3, 0.4) is 0 Å². The highest BCUT2D eigenvalue weighted by molar-refractivity contribution is 5.19. The third-order valence-electron chi connectivity index (χ3n) is 3.56. The van der Waals surface area contributed by atoms with Crippen LogP contribution in [0.5, 0.6) is 0 Å². The first kappa shape index (κ1) is 16.2. The van der Waals surface area contributed by atoms with Crippen molar-refractivity contribution in [1.29, 1.82) is 0 Å². The van der Waals surface area contributed by atoms with E-state index in [0.717, 1.165) is 19.3 Å². The molecule has 19 heavy (non-hydrogen) atoms. The molecule has 1 N–H and O–H groups in total. The van der Waals surface area contributed by atoms with Crippen LogP contribution in [-0.4, -0.2) is 32.2 Å². The van der Waals surface area contributed by atoms with Gasteiger partial charge >= 0.3 is 0 Å². The highest BCUT2D eigenvalue weighted by Gasteiger charge is 2.18. The molecule has 108 valence electrons. The van der Waals surface area contributed by atoms with Gasteiger partial charge in [-0.15, -0.1) is 0 Å². The molecule has 0 unspecified atom stereocenters. The molecule has 1 aromatic rings. The quantitative estimate of drug-likeness (QED) is 0.698. The van der Waals surface area contributed by atoms with Crippen molar-refractivity contribution in [2.45, 2.75) is 38.4 Å². The van der Waals surface area contributed by atoms with Crippen LogP contribution in [0.4, 0.5) is 0 Å². The lowest BCUT2D eigenvalue weighted by Crippen LogP contribution is -2.18. The summed E-state index contributed by atoms with van der Waals surface area (Å²) in [6.07, 6.45) is 2.58. The van der Waals surface area contributed by atoms with Gasteiger partial charge in [-0.2, -0.15) is 0 Å². The normalized spacial score (nSPS) is 14.6. The van der Waals surface area contributed by atoms with Crippen molar-refractivity contribution in [3.05, 3.63) is 35.9 Å². The van der Waals surface area contributed by atoms with E-state index in [0.29, 0.717) is 11.8 Å². The van der Waals surface area contributed by atoms with Gasteiger partial charge in [-0.25, -0.2) is 0 Å². The molecule has 0 amide bonds. The Morgan fingerprint density at radius 1 is 1.05 bits per heavy atom. The van der Waals surface area contributed by atoms with E-state index in [1.807, 2.05) is 6.07 Å². The molecule has 0 heterocycles. The molecule has 0 aliphatic carbocycles. The fraction of sp³-hybridized carbons (Fsp3) is 0.625. The van der Waals surface area contributed by atoms with Crippen molar-refractivity contribution >= 4 is 0 Å². The van der Waals surface area contributed by atoms with Crippen molar-refractivity contribution in [2.75, 3.05) is 20.8 Å².